The molecule has 0 saturated carbocycles. The molecule has 2 heterocycles. The van der Waals surface area contributed by atoms with Crippen LogP contribution in [0.1, 0.15) is 30.5 Å². The van der Waals surface area contributed by atoms with Crippen molar-refractivity contribution in [2.75, 3.05) is 5.32 Å². The predicted molar refractivity (Wildman–Crippen MR) is 103 cm³/mol. The van der Waals surface area contributed by atoms with Gasteiger partial charge in [-0.15, -0.1) is 0 Å². The molecule has 0 aliphatic carbocycles. The van der Waals surface area contributed by atoms with E-state index in [2.05, 4.69) is 15.3 Å². The van der Waals surface area contributed by atoms with E-state index >= 15 is 0 Å². The van der Waals surface area contributed by atoms with Crippen LogP contribution in [0.3, 0.4) is 0 Å². The van der Waals surface area contributed by atoms with Crippen molar-refractivity contribution in [1.82, 2.24) is 14.5 Å². The Labute approximate surface area is 158 Å². The van der Waals surface area contributed by atoms with E-state index < -0.39 is 23.2 Å². The summed E-state index contributed by atoms with van der Waals surface area (Å²) in [7, 11) is 0. The van der Waals surface area contributed by atoms with Crippen molar-refractivity contribution in [3.05, 3.63) is 55.7 Å². The summed E-state index contributed by atoms with van der Waals surface area (Å²) >= 11 is 1.05. The molecule has 0 bridgehead atoms. The second kappa shape index (κ2) is 7.17. The molecule has 0 fully saturated rings. The van der Waals surface area contributed by atoms with Crippen LogP contribution in [0.4, 0.5) is 5.13 Å². The van der Waals surface area contributed by atoms with Crippen molar-refractivity contribution in [3.63, 3.8) is 0 Å². The Morgan fingerprint density at radius 3 is 2.67 bits per heavy atom. The third kappa shape index (κ3) is 3.39. The number of hydrogen-bond acceptors (Lipinski definition) is 6. The Morgan fingerprint density at radius 2 is 2.04 bits per heavy atom. The van der Waals surface area contributed by atoms with Gasteiger partial charge in [-0.2, -0.15) is 5.26 Å². The number of aromatic amines is 1. The number of benzene rings is 1. The van der Waals surface area contributed by atoms with Gasteiger partial charge in [0.25, 0.3) is 5.56 Å². The number of aromatic nitrogens is 3. The fraction of sp³-hybridized carbons (Fsp3) is 0.278. The number of carbonyl (C=O) groups is 1. The molecule has 0 saturated heterocycles. The van der Waals surface area contributed by atoms with Gasteiger partial charge in [0.05, 0.1) is 16.6 Å². The maximum atomic E-state index is 12.9. The Bertz CT molecular complexity index is 1180. The van der Waals surface area contributed by atoms with E-state index in [-0.39, 0.29) is 11.0 Å². The minimum absolute atomic E-state index is 0.255. The summed E-state index contributed by atoms with van der Waals surface area (Å²) in [6.07, 6.45) is 0. The number of para-hydroxylation sites is 1. The zero-order valence-electron chi connectivity index (χ0n) is 14.9. The fourth-order valence-corrected chi connectivity index (χ4v) is 3.65. The maximum Gasteiger partial charge on any atom is 0.329 e. The van der Waals surface area contributed by atoms with Crippen molar-refractivity contribution < 1.29 is 4.79 Å². The molecule has 2 N–H and O–H groups in total. The van der Waals surface area contributed by atoms with E-state index in [9.17, 15) is 14.4 Å². The predicted octanol–water partition coefficient (Wildman–Crippen LogP) is 2.16. The summed E-state index contributed by atoms with van der Waals surface area (Å²) in [6, 6.07) is 7.62. The molecule has 1 atom stereocenters. The summed E-state index contributed by atoms with van der Waals surface area (Å²) < 4.78 is 0.938. The number of amides is 1. The Kier molecular flexibility index (Phi) is 4.92. The molecule has 0 unspecified atom stereocenters. The number of nitrogens with one attached hydrogen (secondary N) is 2. The first-order chi connectivity index (χ1) is 12.8. The van der Waals surface area contributed by atoms with Gasteiger partial charge in [0.2, 0.25) is 5.91 Å². The zero-order valence-corrected chi connectivity index (χ0v) is 15.8. The molecular formula is C18H17N5O3S. The van der Waals surface area contributed by atoms with Gasteiger partial charge in [0, 0.05) is 0 Å². The average Bonchev–Trinajstić information content (AvgIpc) is 2.97. The highest BCUT2D eigenvalue weighted by atomic mass is 32.1. The lowest BCUT2D eigenvalue weighted by molar-refractivity contribution is -0.120. The van der Waals surface area contributed by atoms with Gasteiger partial charge in [0.1, 0.15) is 17.0 Å². The third-order valence-electron chi connectivity index (χ3n) is 4.14. The lowest BCUT2D eigenvalue weighted by Gasteiger charge is -2.21. The van der Waals surface area contributed by atoms with Crippen LogP contribution in [0.2, 0.25) is 0 Å². The van der Waals surface area contributed by atoms with E-state index in [1.807, 2.05) is 6.07 Å². The molecule has 138 valence electrons. The van der Waals surface area contributed by atoms with Gasteiger partial charge in [0.15, 0.2) is 5.13 Å². The summed E-state index contributed by atoms with van der Waals surface area (Å²) in [4.78, 5) is 45.4. The number of aryl methyl sites for hydroxylation is 1. The fourth-order valence-electron chi connectivity index (χ4n) is 2.88. The summed E-state index contributed by atoms with van der Waals surface area (Å²) in [5.41, 5.74) is -0.252. The van der Waals surface area contributed by atoms with Crippen molar-refractivity contribution >= 4 is 33.3 Å². The number of nitrogens with zero attached hydrogens (tertiary/aromatic N) is 3. The smallest absolute Gasteiger partial charge is 0.307 e. The molecule has 1 amide bonds. The standard InChI is InChI=1S/C18H17N5O3S/c1-9(2)14(15(24)22-17-20-10(3)13(8-19)27-17)23-16(25)11-6-4-5-7-12(11)21-18(23)26/h4-7,9,14H,1-3H3,(H,21,26)(H,20,22,24)/t14-/m0/s1. The Morgan fingerprint density at radius 1 is 1.33 bits per heavy atom. The molecule has 0 spiro atoms. The first kappa shape index (κ1) is 18.5. The van der Waals surface area contributed by atoms with E-state index in [0.29, 0.717) is 21.5 Å². The van der Waals surface area contributed by atoms with Gasteiger partial charge in [-0.05, 0) is 25.0 Å². The largest absolute Gasteiger partial charge is 0.329 e. The Balaban J connectivity index is 2.07. The van der Waals surface area contributed by atoms with Gasteiger partial charge >= 0.3 is 5.69 Å². The lowest BCUT2D eigenvalue weighted by atomic mass is 10.0. The molecular weight excluding hydrogens is 366 g/mol. The normalized spacial score (nSPS) is 12.1. The second-order valence-electron chi connectivity index (χ2n) is 6.37. The third-order valence-corrected chi connectivity index (χ3v) is 5.12. The molecule has 8 nitrogen and oxygen atoms in total. The molecule has 27 heavy (non-hydrogen) atoms. The number of thiazole rings is 1. The SMILES string of the molecule is Cc1nc(NC(=O)[C@H](C(C)C)n2c(=O)[nH]c3ccccc3c2=O)sc1C#N. The molecule has 9 heteroatoms. The van der Waals surface area contributed by atoms with Crippen molar-refractivity contribution in [3.8, 4) is 6.07 Å². The van der Waals surface area contributed by atoms with Crippen LogP contribution in [0.15, 0.2) is 33.9 Å². The van der Waals surface area contributed by atoms with Crippen LogP contribution in [0.25, 0.3) is 10.9 Å². The number of nitriles is 1. The molecule has 3 rings (SSSR count). The number of anilines is 1. The minimum atomic E-state index is -1.03. The molecule has 1 aromatic carbocycles. The van der Waals surface area contributed by atoms with E-state index in [1.165, 1.54) is 0 Å². The van der Waals surface area contributed by atoms with E-state index in [4.69, 9.17) is 5.26 Å². The maximum absolute atomic E-state index is 12.9. The average molecular weight is 383 g/mol. The summed E-state index contributed by atoms with van der Waals surface area (Å²) in [5, 5.41) is 12.2. The number of H-pyrrole nitrogens is 1. The second-order valence-corrected chi connectivity index (χ2v) is 7.37. The summed E-state index contributed by atoms with van der Waals surface area (Å²) in [5.74, 6) is -0.868. The monoisotopic (exact) mass is 383 g/mol. The van der Waals surface area contributed by atoms with E-state index in [1.54, 1.807) is 45.0 Å². The van der Waals surface area contributed by atoms with E-state index in [0.717, 1.165) is 15.9 Å². The van der Waals surface area contributed by atoms with Crippen LogP contribution >= 0.6 is 11.3 Å². The topological polar surface area (TPSA) is 121 Å². The highest BCUT2D eigenvalue weighted by molar-refractivity contribution is 7.16. The number of fused-ring (bicyclic) bond motifs is 1. The lowest BCUT2D eigenvalue weighted by Crippen LogP contribution is -2.44. The quantitative estimate of drug-likeness (QED) is 0.715. The van der Waals surface area contributed by atoms with Crippen LogP contribution < -0.4 is 16.6 Å². The van der Waals surface area contributed by atoms with Gasteiger partial charge in [-0.25, -0.2) is 14.3 Å². The van der Waals surface area contributed by atoms with Gasteiger partial charge in [-0.3, -0.25) is 9.59 Å². The van der Waals surface area contributed by atoms with Crippen molar-refractivity contribution in [2.24, 2.45) is 5.92 Å². The zero-order chi connectivity index (χ0) is 19.7. The first-order valence-electron chi connectivity index (χ1n) is 8.25. The summed E-state index contributed by atoms with van der Waals surface area (Å²) in [6.45, 7) is 5.17. The Hall–Kier alpha value is -3.25. The van der Waals surface area contributed by atoms with Crippen LogP contribution in [0, 0.1) is 24.2 Å². The molecule has 0 radical (unpaired) electrons. The van der Waals surface area contributed by atoms with Crippen molar-refractivity contribution in [1.29, 1.82) is 5.26 Å². The molecule has 0 aliphatic heterocycles. The van der Waals surface area contributed by atoms with Crippen LogP contribution in [-0.2, 0) is 4.79 Å². The number of carbonyl (C=O) groups excluding carboxylic acids is 1. The minimum Gasteiger partial charge on any atom is -0.307 e. The first-order valence-corrected chi connectivity index (χ1v) is 9.07. The molecule has 2 aromatic heterocycles. The van der Waals surface area contributed by atoms with Gasteiger partial charge < -0.3 is 10.3 Å². The number of hydrogen-bond donors (Lipinski definition) is 2. The highest BCUT2D eigenvalue weighted by Crippen LogP contribution is 2.24. The number of rotatable bonds is 4. The van der Waals surface area contributed by atoms with Gasteiger partial charge in [-0.1, -0.05) is 37.3 Å². The van der Waals surface area contributed by atoms with Crippen molar-refractivity contribution in [2.45, 2.75) is 26.8 Å². The van der Waals surface area contributed by atoms with Crippen LogP contribution in [0.5, 0.6) is 0 Å². The van der Waals surface area contributed by atoms with Crippen LogP contribution in [-0.4, -0.2) is 20.4 Å². The highest BCUT2D eigenvalue weighted by Gasteiger charge is 2.29. The molecule has 3 aromatic rings. The molecule has 0 aliphatic rings.